The Kier molecular flexibility index (Phi) is 4.71. The lowest BCUT2D eigenvalue weighted by Gasteiger charge is -2.17. The lowest BCUT2D eigenvalue weighted by atomic mass is 10.1. The molecule has 8 nitrogen and oxygen atoms in total. The van der Waals surface area contributed by atoms with E-state index < -0.39 is 18.1 Å². The molecule has 1 heterocycles. The van der Waals surface area contributed by atoms with E-state index in [1.165, 1.54) is 6.92 Å². The summed E-state index contributed by atoms with van der Waals surface area (Å²) in [4.78, 5) is 11.2. The van der Waals surface area contributed by atoms with Crippen LogP contribution in [0.25, 0.3) is 0 Å². The van der Waals surface area contributed by atoms with E-state index in [4.69, 9.17) is 4.74 Å². The summed E-state index contributed by atoms with van der Waals surface area (Å²) in [6.45, 7) is 5.28. The van der Waals surface area contributed by atoms with Crippen molar-refractivity contribution in [3.63, 3.8) is 0 Å². The van der Waals surface area contributed by atoms with Gasteiger partial charge in [-0.05, 0) is 48.4 Å². The lowest BCUT2D eigenvalue weighted by Crippen LogP contribution is -2.31. The molecule has 0 spiro atoms. The third-order valence-corrected chi connectivity index (χ3v) is 3.45. The first kappa shape index (κ1) is 15.9. The Morgan fingerprint density at radius 3 is 2.77 bits per heavy atom. The highest BCUT2D eigenvalue weighted by Gasteiger charge is 2.29. The number of benzene rings is 1. The zero-order valence-electron chi connectivity index (χ0n) is 12.6. The highest BCUT2D eigenvalue weighted by Crippen LogP contribution is 2.22. The van der Waals surface area contributed by atoms with Gasteiger partial charge in [0.1, 0.15) is 12.4 Å². The number of aliphatic hydroxyl groups is 1. The van der Waals surface area contributed by atoms with Crippen LogP contribution in [0.4, 0.5) is 0 Å². The van der Waals surface area contributed by atoms with Gasteiger partial charge in [0.25, 0.3) is 0 Å². The number of ether oxygens (including phenoxy) is 1. The summed E-state index contributed by atoms with van der Waals surface area (Å²) in [6, 6.07) is 4.41. The number of carboxylic acid groups (broad SMARTS) is 1. The van der Waals surface area contributed by atoms with Gasteiger partial charge in [0.15, 0.2) is 11.9 Å². The molecular weight excluding hydrogens is 288 g/mol. The van der Waals surface area contributed by atoms with E-state index in [0.717, 1.165) is 15.8 Å². The topological polar surface area (TPSA) is 110 Å². The fraction of sp³-hybridized carbons (Fsp3) is 0.429. The molecule has 2 rings (SSSR count). The average Bonchev–Trinajstić information content (AvgIpc) is 2.88. The molecule has 118 valence electrons. The molecule has 22 heavy (non-hydrogen) atoms. The SMILES string of the molecule is Cc1cccc(OCc2nnnn2C(C(=O)O)C(C)O)c1C. The predicted molar refractivity (Wildman–Crippen MR) is 76.4 cm³/mol. The molecule has 0 saturated heterocycles. The summed E-state index contributed by atoms with van der Waals surface area (Å²) in [5, 5.41) is 29.7. The molecule has 0 aliphatic heterocycles. The minimum absolute atomic E-state index is 0.00773. The van der Waals surface area contributed by atoms with Crippen LogP contribution in [0.15, 0.2) is 18.2 Å². The number of aryl methyl sites for hydroxylation is 1. The fourth-order valence-electron chi connectivity index (χ4n) is 2.06. The number of aliphatic carboxylic acids is 1. The maximum Gasteiger partial charge on any atom is 0.331 e. The van der Waals surface area contributed by atoms with Gasteiger partial charge in [-0.15, -0.1) is 5.10 Å². The Morgan fingerprint density at radius 2 is 2.14 bits per heavy atom. The van der Waals surface area contributed by atoms with Gasteiger partial charge in [0.2, 0.25) is 0 Å². The van der Waals surface area contributed by atoms with E-state index in [9.17, 15) is 15.0 Å². The number of nitrogens with zero attached hydrogens (tertiary/aromatic N) is 4. The average molecular weight is 306 g/mol. The van der Waals surface area contributed by atoms with Gasteiger partial charge in [0.05, 0.1) is 6.10 Å². The Morgan fingerprint density at radius 1 is 1.41 bits per heavy atom. The van der Waals surface area contributed by atoms with Crippen molar-refractivity contribution in [3.05, 3.63) is 35.2 Å². The van der Waals surface area contributed by atoms with Crippen molar-refractivity contribution >= 4 is 5.97 Å². The van der Waals surface area contributed by atoms with Crippen molar-refractivity contribution in [1.29, 1.82) is 0 Å². The summed E-state index contributed by atoms with van der Waals surface area (Å²) in [6.07, 6.45) is -1.14. The van der Waals surface area contributed by atoms with E-state index in [2.05, 4.69) is 15.5 Å². The molecule has 2 aromatic rings. The minimum atomic E-state index is -1.26. The molecule has 0 radical (unpaired) electrons. The second-order valence-corrected chi connectivity index (χ2v) is 5.05. The largest absolute Gasteiger partial charge is 0.485 e. The second kappa shape index (κ2) is 6.52. The van der Waals surface area contributed by atoms with Crippen LogP contribution in [0, 0.1) is 13.8 Å². The zero-order valence-corrected chi connectivity index (χ0v) is 12.6. The maximum absolute atomic E-state index is 11.2. The summed E-state index contributed by atoms with van der Waals surface area (Å²) in [5.74, 6) is -0.303. The number of hydrogen-bond acceptors (Lipinski definition) is 6. The van der Waals surface area contributed by atoms with Crippen LogP contribution < -0.4 is 4.74 Å². The molecule has 2 atom stereocenters. The van der Waals surface area contributed by atoms with Crippen LogP contribution in [0.5, 0.6) is 5.75 Å². The zero-order chi connectivity index (χ0) is 16.3. The monoisotopic (exact) mass is 306 g/mol. The van der Waals surface area contributed by atoms with Crippen LogP contribution in [0.3, 0.4) is 0 Å². The van der Waals surface area contributed by atoms with E-state index in [0.29, 0.717) is 5.75 Å². The third-order valence-electron chi connectivity index (χ3n) is 3.45. The molecule has 0 saturated carbocycles. The summed E-state index contributed by atoms with van der Waals surface area (Å²) >= 11 is 0. The normalized spacial score (nSPS) is 13.6. The van der Waals surface area contributed by atoms with Crippen molar-refractivity contribution in [2.45, 2.75) is 39.5 Å². The highest BCUT2D eigenvalue weighted by molar-refractivity contribution is 5.72. The molecule has 0 amide bonds. The molecule has 0 fully saturated rings. The molecule has 0 aliphatic rings. The summed E-state index contributed by atoms with van der Waals surface area (Å²) < 4.78 is 6.74. The van der Waals surface area contributed by atoms with Gasteiger partial charge in [0, 0.05) is 0 Å². The summed E-state index contributed by atoms with van der Waals surface area (Å²) in [5.41, 5.74) is 2.08. The van der Waals surface area contributed by atoms with E-state index >= 15 is 0 Å². The summed E-state index contributed by atoms with van der Waals surface area (Å²) in [7, 11) is 0. The van der Waals surface area contributed by atoms with E-state index in [1.807, 2.05) is 32.0 Å². The number of carbonyl (C=O) groups is 1. The molecule has 2 N–H and O–H groups in total. The first-order valence-electron chi connectivity index (χ1n) is 6.78. The lowest BCUT2D eigenvalue weighted by molar-refractivity contribution is -0.144. The molecule has 1 aromatic heterocycles. The molecule has 1 aromatic carbocycles. The molecule has 8 heteroatoms. The third kappa shape index (κ3) is 3.22. The van der Waals surface area contributed by atoms with Crippen LogP contribution in [-0.4, -0.2) is 42.5 Å². The van der Waals surface area contributed by atoms with Crippen molar-refractivity contribution in [2.75, 3.05) is 0 Å². The van der Waals surface area contributed by atoms with Crippen molar-refractivity contribution in [3.8, 4) is 5.75 Å². The van der Waals surface area contributed by atoms with Crippen LogP contribution in [0.2, 0.25) is 0 Å². The minimum Gasteiger partial charge on any atom is -0.485 e. The molecule has 0 bridgehead atoms. The van der Waals surface area contributed by atoms with Crippen LogP contribution >= 0.6 is 0 Å². The first-order chi connectivity index (χ1) is 10.4. The van der Waals surface area contributed by atoms with Crippen molar-refractivity contribution in [1.82, 2.24) is 20.2 Å². The smallest absolute Gasteiger partial charge is 0.331 e. The Balaban J connectivity index is 2.20. The standard InChI is InChI=1S/C14H18N4O4/c1-8-5-4-6-11(9(8)2)22-7-12-15-16-17-18(12)13(10(3)19)14(20)21/h4-6,10,13,19H,7H2,1-3H3,(H,20,21). The van der Waals surface area contributed by atoms with Crippen LogP contribution in [-0.2, 0) is 11.4 Å². The van der Waals surface area contributed by atoms with E-state index in [-0.39, 0.29) is 12.4 Å². The van der Waals surface area contributed by atoms with Gasteiger partial charge < -0.3 is 14.9 Å². The number of aromatic nitrogens is 4. The highest BCUT2D eigenvalue weighted by atomic mass is 16.5. The number of hydrogen-bond donors (Lipinski definition) is 2. The molecule has 0 aliphatic carbocycles. The van der Waals surface area contributed by atoms with E-state index in [1.54, 1.807) is 0 Å². The molecule has 2 unspecified atom stereocenters. The van der Waals surface area contributed by atoms with Gasteiger partial charge in [-0.25, -0.2) is 9.48 Å². The predicted octanol–water partition coefficient (Wildman–Crippen LogP) is 0.875. The fourth-order valence-corrected chi connectivity index (χ4v) is 2.06. The van der Waals surface area contributed by atoms with Crippen LogP contribution in [0.1, 0.15) is 29.9 Å². The second-order valence-electron chi connectivity index (χ2n) is 5.05. The van der Waals surface area contributed by atoms with Crippen molar-refractivity contribution in [2.24, 2.45) is 0 Å². The van der Waals surface area contributed by atoms with Gasteiger partial charge in [-0.3, -0.25) is 0 Å². The van der Waals surface area contributed by atoms with Crippen molar-refractivity contribution < 1.29 is 19.7 Å². The molecular formula is C14H18N4O4. The Hall–Kier alpha value is -2.48. The Bertz CT molecular complexity index is 669. The van der Waals surface area contributed by atoms with Gasteiger partial charge in [-0.1, -0.05) is 12.1 Å². The van der Waals surface area contributed by atoms with Gasteiger partial charge >= 0.3 is 5.97 Å². The maximum atomic E-state index is 11.2. The Labute approximate surface area is 127 Å². The number of aliphatic hydroxyl groups excluding tert-OH is 1. The quantitative estimate of drug-likeness (QED) is 0.814. The van der Waals surface area contributed by atoms with Gasteiger partial charge in [-0.2, -0.15) is 0 Å². The number of tetrazole rings is 1. The number of carboxylic acids is 1. The first-order valence-corrected chi connectivity index (χ1v) is 6.78. The number of rotatable bonds is 6.